The van der Waals surface area contributed by atoms with E-state index in [2.05, 4.69) is 39.5 Å². The monoisotopic (exact) mass is 762 g/mol. The topological polar surface area (TPSA) is 210 Å². The number of hydrogen-bond acceptors (Lipinski definition) is 16. The van der Waals surface area contributed by atoms with Crippen molar-refractivity contribution in [2.24, 2.45) is 10.8 Å². The molecular weight excluding hydrogens is 712 g/mol. The maximum absolute atomic E-state index is 12.6. The van der Waals surface area contributed by atoms with Gasteiger partial charge in [-0.05, 0) is 12.8 Å². The molecule has 0 radical (unpaired) electrons. The Morgan fingerprint density at radius 2 is 0.500 bits per heavy atom. The van der Waals surface area contributed by atoms with E-state index in [0.717, 1.165) is 49.3 Å². The molecule has 0 aliphatic rings. The average molecular weight is 763 g/mol. The van der Waals surface area contributed by atoms with E-state index in [9.17, 15) is 38.4 Å². The molecule has 0 aromatic carbocycles. The van der Waals surface area contributed by atoms with Gasteiger partial charge in [0.05, 0.1) is 0 Å². The van der Waals surface area contributed by atoms with E-state index < -0.39 is 111 Å². The Balaban J connectivity index is 4.97. The number of ether oxygens (including phenoxy) is 8. The molecule has 0 rings (SSSR count). The van der Waals surface area contributed by atoms with E-state index in [-0.39, 0.29) is 12.8 Å². The van der Waals surface area contributed by atoms with Gasteiger partial charge in [0.1, 0.15) is 63.7 Å². The van der Waals surface area contributed by atoms with Crippen LogP contribution in [0.2, 0.25) is 0 Å². The fourth-order valence-electron chi connectivity index (χ4n) is 4.06. The van der Waals surface area contributed by atoms with Crippen LogP contribution >= 0.6 is 0 Å². The van der Waals surface area contributed by atoms with Gasteiger partial charge in [-0.2, -0.15) is 0 Å². The molecule has 0 N–H and O–H groups in total. The SMILES string of the molecule is C=CC(=O)OCC(COC(=O)C=C)(COC(=O)C=C)COC(=O)CCCCCCCCC(=O)OCC(COC(=O)C=C)(COC(=O)C=C)COC(=O)C=C. The van der Waals surface area contributed by atoms with E-state index in [1.54, 1.807) is 0 Å². The molecule has 0 heterocycles. The van der Waals surface area contributed by atoms with Gasteiger partial charge in [0, 0.05) is 49.3 Å². The zero-order valence-electron chi connectivity index (χ0n) is 30.6. The lowest BCUT2D eigenvalue weighted by atomic mass is 9.92. The highest BCUT2D eigenvalue weighted by Gasteiger charge is 2.38. The molecule has 16 nitrogen and oxygen atoms in total. The van der Waals surface area contributed by atoms with Gasteiger partial charge in [-0.25, -0.2) is 28.8 Å². The minimum Gasteiger partial charge on any atom is -0.465 e. The Hall–Kier alpha value is -5.80. The number of esters is 8. The Bertz CT molecular complexity index is 1140. The smallest absolute Gasteiger partial charge is 0.330 e. The van der Waals surface area contributed by atoms with Crippen LogP contribution in [0, 0.1) is 10.8 Å². The van der Waals surface area contributed by atoms with Crippen LogP contribution < -0.4 is 0 Å². The lowest BCUT2D eigenvalue weighted by Crippen LogP contribution is -2.43. The molecule has 0 spiro atoms. The molecule has 0 bridgehead atoms. The van der Waals surface area contributed by atoms with Crippen LogP contribution in [0.4, 0.5) is 0 Å². The largest absolute Gasteiger partial charge is 0.465 e. The summed E-state index contributed by atoms with van der Waals surface area (Å²) in [5.41, 5.74) is -2.85. The van der Waals surface area contributed by atoms with Crippen molar-refractivity contribution in [2.75, 3.05) is 52.9 Å². The molecule has 0 fully saturated rings. The van der Waals surface area contributed by atoms with E-state index in [1.807, 2.05) is 0 Å². The van der Waals surface area contributed by atoms with Gasteiger partial charge in [-0.3, -0.25) is 9.59 Å². The van der Waals surface area contributed by atoms with Gasteiger partial charge < -0.3 is 37.9 Å². The van der Waals surface area contributed by atoms with Crippen LogP contribution in [-0.2, 0) is 76.3 Å². The normalized spacial score (nSPS) is 10.6. The molecule has 0 saturated carbocycles. The number of carbonyl (C=O) groups is 8. The zero-order valence-corrected chi connectivity index (χ0v) is 30.6. The molecule has 0 aromatic rings. The Morgan fingerprint density at radius 3 is 0.704 bits per heavy atom. The van der Waals surface area contributed by atoms with Crippen molar-refractivity contribution in [2.45, 2.75) is 51.4 Å². The fraction of sp³-hybridized carbons (Fsp3) is 0.474. The third kappa shape index (κ3) is 22.2. The van der Waals surface area contributed by atoms with Gasteiger partial charge in [0.15, 0.2) is 0 Å². The number of hydrogen-bond donors (Lipinski definition) is 0. The van der Waals surface area contributed by atoms with Gasteiger partial charge in [-0.1, -0.05) is 65.2 Å². The molecule has 0 saturated heterocycles. The summed E-state index contributed by atoms with van der Waals surface area (Å²) in [6.45, 7) is 16.4. The average Bonchev–Trinajstić information content (AvgIpc) is 3.19. The molecular formula is C38H50O16. The molecule has 0 aliphatic heterocycles. The second kappa shape index (κ2) is 27.8. The third-order valence-corrected chi connectivity index (χ3v) is 7.21. The van der Waals surface area contributed by atoms with Gasteiger partial charge in [0.2, 0.25) is 0 Å². The van der Waals surface area contributed by atoms with Crippen LogP contribution in [0.3, 0.4) is 0 Å². The van der Waals surface area contributed by atoms with Crippen LogP contribution in [0.15, 0.2) is 75.9 Å². The lowest BCUT2D eigenvalue weighted by molar-refractivity contribution is -0.169. The summed E-state index contributed by atoms with van der Waals surface area (Å²) >= 11 is 0. The van der Waals surface area contributed by atoms with Crippen molar-refractivity contribution in [1.82, 2.24) is 0 Å². The second-order valence-electron chi connectivity index (χ2n) is 11.8. The van der Waals surface area contributed by atoms with Crippen molar-refractivity contribution < 1.29 is 76.3 Å². The highest BCUT2D eigenvalue weighted by atomic mass is 16.6. The van der Waals surface area contributed by atoms with E-state index in [4.69, 9.17) is 37.9 Å². The molecule has 298 valence electrons. The number of rotatable bonds is 31. The molecule has 0 atom stereocenters. The summed E-state index contributed by atoms with van der Waals surface area (Å²) in [6.07, 6.45) is 9.29. The predicted molar refractivity (Wildman–Crippen MR) is 191 cm³/mol. The van der Waals surface area contributed by atoms with Crippen molar-refractivity contribution >= 4 is 47.8 Å². The maximum Gasteiger partial charge on any atom is 0.330 e. The summed E-state index contributed by atoms with van der Waals surface area (Å²) in [4.78, 5) is 95.5. The highest BCUT2D eigenvalue weighted by Crippen LogP contribution is 2.24. The van der Waals surface area contributed by atoms with E-state index in [1.165, 1.54) is 0 Å². The molecule has 0 aromatic heterocycles. The first-order chi connectivity index (χ1) is 25.7. The first-order valence-electron chi connectivity index (χ1n) is 16.8. The molecule has 0 aliphatic carbocycles. The summed E-state index contributed by atoms with van der Waals surface area (Å²) < 4.78 is 41.4. The number of carbonyl (C=O) groups excluding carboxylic acids is 8. The standard InChI is InChI=1S/C38H50O16/c1-7-29(39)47-21-37(22-48-30(40)8-2,23-49-31(41)9-3)27-53-35(45)19-17-15-13-14-16-18-20-36(46)54-28-38(24-50-32(42)10-4,25-51-33(43)11-5)26-52-34(44)12-6/h7-12H,1-6,13-28H2. The van der Waals surface area contributed by atoms with Crippen molar-refractivity contribution in [3.05, 3.63) is 75.9 Å². The predicted octanol–water partition coefficient (Wildman–Crippen LogP) is 3.54. The van der Waals surface area contributed by atoms with Crippen LogP contribution in [0.1, 0.15) is 51.4 Å². The number of unbranched alkanes of at least 4 members (excludes halogenated alkanes) is 5. The summed E-state index contributed by atoms with van der Waals surface area (Å²) in [5, 5.41) is 0. The van der Waals surface area contributed by atoms with E-state index in [0.29, 0.717) is 25.7 Å². The molecule has 0 amide bonds. The minimum atomic E-state index is -1.43. The maximum atomic E-state index is 12.6. The van der Waals surface area contributed by atoms with E-state index >= 15 is 0 Å². The molecule has 16 heteroatoms. The van der Waals surface area contributed by atoms with Crippen molar-refractivity contribution in [3.8, 4) is 0 Å². The van der Waals surface area contributed by atoms with Gasteiger partial charge >= 0.3 is 47.8 Å². The molecule has 0 unspecified atom stereocenters. The second-order valence-corrected chi connectivity index (χ2v) is 11.8. The first-order valence-corrected chi connectivity index (χ1v) is 16.8. The minimum absolute atomic E-state index is 0.0435. The Morgan fingerprint density at radius 1 is 0.315 bits per heavy atom. The first kappa shape index (κ1) is 48.2. The summed E-state index contributed by atoms with van der Waals surface area (Å²) in [5.74, 6) is -5.97. The van der Waals surface area contributed by atoms with Crippen LogP contribution in [0.25, 0.3) is 0 Å². The quantitative estimate of drug-likeness (QED) is 0.0428. The fourth-order valence-corrected chi connectivity index (χ4v) is 4.06. The lowest BCUT2D eigenvalue weighted by Gasteiger charge is -2.31. The Kier molecular flexibility index (Phi) is 24.8. The van der Waals surface area contributed by atoms with Gasteiger partial charge in [0.25, 0.3) is 0 Å². The Labute approximate surface area is 314 Å². The summed E-state index contributed by atoms with van der Waals surface area (Å²) in [7, 11) is 0. The molecule has 54 heavy (non-hydrogen) atoms. The third-order valence-electron chi connectivity index (χ3n) is 7.21. The zero-order chi connectivity index (χ0) is 40.8. The van der Waals surface area contributed by atoms with Gasteiger partial charge in [-0.15, -0.1) is 0 Å². The summed E-state index contributed by atoms with van der Waals surface area (Å²) in [6, 6.07) is 0. The van der Waals surface area contributed by atoms with Crippen LogP contribution in [-0.4, -0.2) is 101 Å². The van der Waals surface area contributed by atoms with Crippen molar-refractivity contribution in [3.63, 3.8) is 0 Å². The van der Waals surface area contributed by atoms with Crippen molar-refractivity contribution in [1.29, 1.82) is 0 Å². The van der Waals surface area contributed by atoms with Crippen LogP contribution in [0.5, 0.6) is 0 Å². The highest BCUT2D eigenvalue weighted by molar-refractivity contribution is 5.83.